The molecular formula is C29H45N5O3S. The maximum atomic E-state index is 13.6. The first kappa shape index (κ1) is 30.1. The van der Waals surface area contributed by atoms with Crippen LogP contribution in [0.1, 0.15) is 60.3 Å². The van der Waals surface area contributed by atoms with Gasteiger partial charge in [0.2, 0.25) is 0 Å². The molecule has 2 aromatic rings. The highest BCUT2D eigenvalue weighted by atomic mass is 32.2. The molecule has 3 N–H and O–H groups in total. The number of nitrogens with one attached hydrogen (secondary N) is 3. The smallest absolute Gasteiger partial charge is 0.254 e. The van der Waals surface area contributed by atoms with Crippen LogP contribution >= 0.6 is 11.8 Å². The van der Waals surface area contributed by atoms with Crippen LogP contribution in [-0.2, 0) is 11.3 Å². The first-order chi connectivity index (χ1) is 18.1. The van der Waals surface area contributed by atoms with Crippen molar-refractivity contribution in [2.45, 2.75) is 70.5 Å². The largest absolute Gasteiger partial charge is 0.382 e. The number of carbonyl (C=O) groups excluding carboxylic acids is 1. The minimum atomic E-state index is -0.177. The molecule has 1 unspecified atom stereocenters. The maximum Gasteiger partial charge on any atom is 0.254 e. The second kappa shape index (κ2) is 14.1. The van der Waals surface area contributed by atoms with E-state index in [0.717, 1.165) is 73.1 Å². The molecule has 3 rings (SSSR count). The molecule has 1 aromatic heterocycles. The van der Waals surface area contributed by atoms with E-state index in [-0.39, 0.29) is 24.1 Å². The number of carbonyl (C=O) groups is 1. The van der Waals surface area contributed by atoms with Crippen molar-refractivity contribution < 1.29 is 9.53 Å². The minimum absolute atomic E-state index is 0.158. The Hall–Kier alpha value is -2.49. The number of benzene rings is 1. The third kappa shape index (κ3) is 7.77. The molecule has 8 nitrogen and oxygen atoms in total. The number of thioether (sulfide) groups is 1. The van der Waals surface area contributed by atoms with Gasteiger partial charge >= 0.3 is 0 Å². The van der Waals surface area contributed by atoms with E-state index in [4.69, 9.17) is 4.74 Å². The number of aromatic amines is 1. The fourth-order valence-electron chi connectivity index (χ4n) is 5.05. The predicted molar refractivity (Wildman–Crippen MR) is 159 cm³/mol. The molecule has 0 saturated carbocycles. The third-order valence-corrected chi connectivity index (χ3v) is 8.01. The average Bonchev–Trinajstić information content (AvgIpc) is 2.89. The normalized spacial score (nSPS) is 14.9. The molecule has 1 amide bonds. The highest BCUT2D eigenvalue weighted by Crippen LogP contribution is 2.32. The summed E-state index contributed by atoms with van der Waals surface area (Å²) in [6.07, 6.45) is 4.87. The van der Waals surface area contributed by atoms with Crippen LogP contribution in [-0.4, -0.2) is 74.5 Å². The number of pyridine rings is 1. The number of H-pyrrole nitrogens is 1. The van der Waals surface area contributed by atoms with Gasteiger partial charge in [0.05, 0.1) is 0 Å². The van der Waals surface area contributed by atoms with E-state index in [1.54, 1.807) is 0 Å². The molecule has 1 aromatic carbocycles. The van der Waals surface area contributed by atoms with Gasteiger partial charge in [0, 0.05) is 71.5 Å². The molecule has 9 heteroatoms. The summed E-state index contributed by atoms with van der Waals surface area (Å²) < 4.78 is 5.62. The van der Waals surface area contributed by atoms with Gasteiger partial charge in [-0.05, 0) is 97.6 Å². The maximum absolute atomic E-state index is 13.6. The van der Waals surface area contributed by atoms with Gasteiger partial charge in [-0.15, -0.1) is 11.8 Å². The lowest BCUT2D eigenvalue weighted by molar-refractivity contribution is 0.0846. The van der Waals surface area contributed by atoms with Crippen LogP contribution in [0.4, 0.5) is 11.4 Å². The monoisotopic (exact) mass is 543 g/mol. The quantitative estimate of drug-likeness (QED) is 0.342. The first-order valence-corrected chi connectivity index (χ1v) is 14.8. The first-order valence-electron chi connectivity index (χ1n) is 13.6. The van der Waals surface area contributed by atoms with E-state index in [2.05, 4.69) is 59.4 Å². The van der Waals surface area contributed by atoms with Crippen LogP contribution in [0.2, 0.25) is 0 Å². The fraction of sp³-hybridized carbons (Fsp3) is 0.586. The van der Waals surface area contributed by atoms with E-state index in [1.165, 1.54) is 11.8 Å². The molecule has 210 valence electrons. The summed E-state index contributed by atoms with van der Waals surface area (Å²) >= 11 is 1.51. The predicted octanol–water partition coefficient (Wildman–Crippen LogP) is 4.40. The minimum Gasteiger partial charge on any atom is -0.382 e. The second-order valence-corrected chi connectivity index (χ2v) is 11.3. The number of ether oxygens (including phenoxy) is 1. The summed E-state index contributed by atoms with van der Waals surface area (Å²) in [5.74, 6) is -0.177. The molecule has 0 aliphatic carbocycles. The summed E-state index contributed by atoms with van der Waals surface area (Å²) in [6.45, 7) is 11.8. The lowest BCUT2D eigenvalue weighted by Crippen LogP contribution is -2.40. The zero-order valence-electron chi connectivity index (χ0n) is 24.1. The lowest BCUT2D eigenvalue weighted by atomic mass is 9.99. The molecule has 1 aliphatic rings. The van der Waals surface area contributed by atoms with Crippen LogP contribution in [0.25, 0.3) is 0 Å². The lowest BCUT2D eigenvalue weighted by Gasteiger charge is -2.37. The Morgan fingerprint density at radius 1 is 1.21 bits per heavy atom. The highest BCUT2D eigenvalue weighted by Gasteiger charge is 2.25. The van der Waals surface area contributed by atoms with Crippen molar-refractivity contribution in [1.29, 1.82) is 0 Å². The molecule has 0 bridgehead atoms. The number of hydrogen-bond donors (Lipinski definition) is 3. The Bertz CT molecular complexity index is 1140. The van der Waals surface area contributed by atoms with Gasteiger partial charge in [0.25, 0.3) is 11.5 Å². The standard InChI is InChI=1S/C29H45N5O3S/c1-8-34(23-10-13-37-14-11-23)26-17-22(31-19(2)9-12-33(5)6)16-24(21(26)4)28(35)30-18-25-27(38-7)15-20(3)32-29(25)36/h15-17,19,23,31H,8-14,18H2,1-7H3,(H,30,35)(H,32,36). The van der Waals surface area contributed by atoms with Crippen molar-refractivity contribution in [2.24, 2.45) is 0 Å². The molecule has 1 atom stereocenters. The number of hydrogen-bond acceptors (Lipinski definition) is 7. The van der Waals surface area contributed by atoms with Crippen molar-refractivity contribution in [2.75, 3.05) is 56.9 Å². The van der Waals surface area contributed by atoms with Crippen LogP contribution < -0.4 is 21.1 Å². The average molecular weight is 544 g/mol. The number of aromatic nitrogens is 1. The van der Waals surface area contributed by atoms with Crippen LogP contribution in [0.3, 0.4) is 0 Å². The van der Waals surface area contributed by atoms with Gasteiger partial charge in [0.1, 0.15) is 0 Å². The Kier molecular flexibility index (Phi) is 11.1. The van der Waals surface area contributed by atoms with E-state index in [9.17, 15) is 9.59 Å². The molecule has 38 heavy (non-hydrogen) atoms. The number of amides is 1. The van der Waals surface area contributed by atoms with Gasteiger partial charge in [-0.1, -0.05) is 0 Å². The number of nitrogens with zero attached hydrogens (tertiary/aromatic N) is 2. The summed E-state index contributed by atoms with van der Waals surface area (Å²) in [5, 5.41) is 6.66. The number of anilines is 2. The Balaban J connectivity index is 1.93. The summed E-state index contributed by atoms with van der Waals surface area (Å²) in [5.41, 5.74) is 4.82. The van der Waals surface area contributed by atoms with Gasteiger partial charge in [-0.3, -0.25) is 9.59 Å². The Labute approximate surface area is 231 Å². The van der Waals surface area contributed by atoms with Gasteiger partial charge in [-0.25, -0.2) is 0 Å². The molecule has 1 saturated heterocycles. The van der Waals surface area contributed by atoms with E-state index < -0.39 is 0 Å². The second-order valence-electron chi connectivity index (χ2n) is 10.4. The number of aryl methyl sites for hydroxylation is 1. The topological polar surface area (TPSA) is 89.7 Å². The Morgan fingerprint density at radius 2 is 1.92 bits per heavy atom. The molecule has 0 spiro atoms. The highest BCUT2D eigenvalue weighted by molar-refractivity contribution is 7.98. The molecule has 0 radical (unpaired) electrons. The van der Waals surface area contributed by atoms with Crippen LogP contribution in [0, 0.1) is 13.8 Å². The van der Waals surface area contributed by atoms with E-state index in [0.29, 0.717) is 17.2 Å². The summed E-state index contributed by atoms with van der Waals surface area (Å²) in [6, 6.07) is 6.71. The van der Waals surface area contributed by atoms with Crippen molar-refractivity contribution in [3.8, 4) is 0 Å². The van der Waals surface area contributed by atoms with Crippen molar-refractivity contribution in [1.82, 2.24) is 15.2 Å². The molecular weight excluding hydrogens is 498 g/mol. The molecule has 1 fully saturated rings. The van der Waals surface area contributed by atoms with Gasteiger partial charge in [0.15, 0.2) is 0 Å². The van der Waals surface area contributed by atoms with E-state index in [1.807, 2.05) is 32.2 Å². The zero-order chi connectivity index (χ0) is 27.8. The van der Waals surface area contributed by atoms with Crippen LogP contribution in [0.5, 0.6) is 0 Å². The summed E-state index contributed by atoms with van der Waals surface area (Å²) in [4.78, 5) is 34.6. The third-order valence-electron chi connectivity index (χ3n) is 7.20. The van der Waals surface area contributed by atoms with Gasteiger partial charge in [-0.2, -0.15) is 0 Å². The van der Waals surface area contributed by atoms with Gasteiger partial charge < -0.3 is 30.2 Å². The zero-order valence-corrected chi connectivity index (χ0v) is 24.9. The Morgan fingerprint density at radius 3 is 2.55 bits per heavy atom. The van der Waals surface area contributed by atoms with Crippen molar-refractivity contribution in [3.63, 3.8) is 0 Å². The summed E-state index contributed by atoms with van der Waals surface area (Å²) in [7, 11) is 4.15. The SMILES string of the molecule is CCN(c1cc(NC(C)CCN(C)C)cc(C(=O)NCc2c(SC)cc(C)[nH]c2=O)c1C)C1CCOCC1. The number of rotatable bonds is 12. The van der Waals surface area contributed by atoms with E-state index >= 15 is 0 Å². The molecule has 1 aliphatic heterocycles. The molecule has 2 heterocycles. The fourth-order valence-corrected chi connectivity index (χ4v) is 5.75. The van der Waals surface area contributed by atoms with Crippen molar-refractivity contribution >= 4 is 29.0 Å². The van der Waals surface area contributed by atoms with Crippen molar-refractivity contribution in [3.05, 3.63) is 50.9 Å². The van der Waals surface area contributed by atoms with Crippen LogP contribution in [0.15, 0.2) is 27.9 Å².